The van der Waals surface area contributed by atoms with Crippen molar-refractivity contribution < 1.29 is 4.74 Å². The Morgan fingerprint density at radius 1 is 0.958 bits per heavy atom. The number of hydrogen-bond donors (Lipinski definition) is 0. The van der Waals surface area contributed by atoms with Crippen molar-refractivity contribution in [2.45, 2.75) is 18.9 Å². The van der Waals surface area contributed by atoms with Crippen LogP contribution < -0.4 is 4.74 Å². The molecule has 1 aromatic heterocycles. The van der Waals surface area contributed by atoms with E-state index in [0.717, 1.165) is 43.1 Å². The first-order valence-corrected chi connectivity index (χ1v) is 8.60. The molecule has 4 rings (SSSR count). The molecule has 1 fully saturated rings. The summed E-state index contributed by atoms with van der Waals surface area (Å²) in [5, 5.41) is 2.34. The number of aromatic nitrogens is 1. The number of nitrogens with zero attached hydrogens (tertiary/aromatic N) is 2. The molecule has 0 amide bonds. The minimum atomic E-state index is 0.262. The van der Waals surface area contributed by atoms with E-state index in [4.69, 9.17) is 9.72 Å². The molecule has 3 aromatic rings. The Bertz CT molecular complexity index is 824. The average Bonchev–Trinajstić information content (AvgIpc) is 2.64. The van der Waals surface area contributed by atoms with Crippen molar-refractivity contribution in [2.24, 2.45) is 0 Å². The number of likely N-dealkylation sites (tertiary alicyclic amines) is 1. The second-order valence-electron chi connectivity index (χ2n) is 6.52. The summed E-state index contributed by atoms with van der Waals surface area (Å²) in [6.07, 6.45) is 2.38. The first-order valence-electron chi connectivity index (χ1n) is 8.60. The minimum absolute atomic E-state index is 0.262. The van der Waals surface area contributed by atoms with Crippen LogP contribution in [0, 0.1) is 0 Å². The molecule has 1 aliphatic heterocycles. The molecular formula is C21H22N2O. The number of rotatable bonds is 3. The Kier molecular flexibility index (Phi) is 4.18. The summed E-state index contributed by atoms with van der Waals surface area (Å²) in [7, 11) is 2.16. The molecule has 0 atom stereocenters. The number of ether oxygens (including phenoxy) is 1. The predicted octanol–water partition coefficient (Wildman–Crippen LogP) is 4.37. The molecule has 0 saturated carbocycles. The lowest BCUT2D eigenvalue weighted by Crippen LogP contribution is -2.35. The molecule has 1 saturated heterocycles. The van der Waals surface area contributed by atoms with Gasteiger partial charge in [-0.15, -0.1) is 0 Å². The third kappa shape index (κ3) is 3.13. The lowest BCUT2D eigenvalue weighted by molar-refractivity contribution is 0.110. The van der Waals surface area contributed by atoms with Gasteiger partial charge in [-0.25, -0.2) is 4.98 Å². The lowest BCUT2D eigenvalue weighted by atomic mass is 10.0. The number of piperidine rings is 1. The van der Waals surface area contributed by atoms with Crippen molar-refractivity contribution in [3.63, 3.8) is 0 Å². The van der Waals surface area contributed by atoms with E-state index in [1.165, 1.54) is 10.8 Å². The second-order valence-corrected chi connectivity index (χ2v) is 6.52. The highest BCUT2D eigenvalue weighted by molar-refractivity contribution is 5.95. The van der Waals surface area contributed by atoms with Crippen molar-refractivity contribution in [3.05, 3.63) is 60.7 Å². The van der Waals surface area contributed by atoms with E-state index in [1.807, 2.05) is 6.07 Å². The third-order valence-corrected chi connectivity index (χ3v) is 4.72. The Labute approximate surface area is 142 Å². The van der Waals surface area contributed by atoms with Crippen molar-refractivity contribution >= 4 is 10.8 Å². The standard InChI is InChI=1S/C21H22N2O/c1-23-13-11-18(12-14-23)24-20-15-17-9-5-6-10-19(17)21(22-20)16-7-3-2-4-8-16/h2-10,15,18H,11-14H2,1H3. The lowest BCUT2D eigenvalue weighted by Gasteiger charge is -2.29. The van der Waals surface area contributed by atoms with Gasteiger partial charge in [0.15, 0.2) is 0 Å². The van der Waals surface area contributed by atoms with Crippen molar-refractivity contribution in [1.82, 2.24) is 9.88 Å². The summed E-state index contributed by atoms with van der Waals surface area (Å²) in [6, 6.07) is 20.8. The van der Waals surface area contributed by atoms with Crippen LogP contribution in [0.2, 0.25) is 0 Å². The summed E-state index contributed by atoms with van der Waals surface area (Å²) in [5.74, 6) is 0.738. The molecule has 0 unspecified atom stereocenters. The smallest absolute Gasteiger partial charge is 0.214 e. The molecular weight excluding hydrogens is 296 g/mol. The minimum Gasteiger partial charge on any atom is -0.474 e. The van der Waals surface area contributed by atoms with E-state index in [2.05, 4.69) is 66.5 Å². The van der Waals surface area contributed by atoms with Crippen LogP contribution in [0.4, 0.5) is 0 Å². The molecule has 24 heavy (non-hydrogen) atoms. The van der Waals surface area contributed by atoms with Crippen LogP contribution in [0.5, 0.6) is 5.88 Å². The highest BCUT2D eigenvalue weighted by atomic mass is 16.5. The van der Waals surface area contributed by atoms with Crippen molar-refractivity contribution in [2.75, 3.05) is 20.1 Å². The monoisotopic (exact) mass is 318 g/mol. The highest BCUT2D eigenvalue weighted by Gasteiger charge is 2.19. The van der Waals surface area contributed by atoms with Crippen LogP contribution >= 0.6 is 0 Å². The quantitative estimate of drug-likeness (QED) is 0.717. The van der Waals surface area contributed by atoms with Crippen molar-refractivity contribution in [1.29, 1.82) is 0 Å². The van der Waals surface area contributed by atoms with Gasteiger partial charge in [-0.1, -0.05) is 54.6 Å². The van der Waals surface area contributed by atoms with Crippen LogP contribution in [0.3, 0.4) is 0 Å². The van der Waals surface area contributed by atoms with Crippen molar-refractivity contribution in [3.8, 4) is 17.1 Å². The predicted molar refractivity (Wildman–Crippen MR) is 98.3 cm³/mol. The summed E-state index contributed by atoms with van der Waals surface area (Å²) < 4.78 is 6.24. The van der Waals surface area contributed by atoms with Crippen LogP contribution in [0.15, 0.2) is 60.7 Å². The summed E-state index contributed by atoms with van der Waals surface area (Å²) in [6.45, 7) is 2.17. The number of benzene rings is 2. The average molecular weight is 318 g/mol. The summed E-state index contributed by atoms with van der Waals surface area (Å²) in [4.78, 5) is 7.20. The Balaban J connectivity index is 1.72. The van der Waals surface area contributed by atoms with Gasteiger partial charge in [-0.2, -0.15) is 0 Å². The van der Waals surface area contributed by atoms with Gasteiger partial charge in [0.05, 0.1) is 5.69 Å². The van der Waals surface area contributed by atoms with Gasteiger partial charge < -0.3 is 9.64 Å². The molecule has 0 spiro atoms. The molecule has 2 aromatic carbocycles. The number of hydrogen-bond acceptors (Lipinski definition) is 3. The van der Waals surface area contributed by atoms with E-state index in [1.54, 1.807) is 0 Å². The van der Waals surface area contributed by atoms with Crippen LogP contribution in [-0.2, 0) is 0 Å². The number of pyridine rings is 1. The van der Waals surface area contributed by atoms with E-state index >= 15 is 0 Å². The zero-order chi connectivity index (χ0) is 16.4. The fourth-order valence-corrected chi connectivity index (χ4v) is 3.32. The first kappa shape index (κ1) is 15.2. The van der Waals surface area contributed by atoms with Gasteiger partial charge in [0.1, 0.15) is 6.10 Å². The molecule has 0 radical (unpaired) electrons. The van der Waals surface area contributed by atoms with E-state index in [0.29, 0.717) is 0 Å². The summed E-state index contributed by atoms with van der Waals surface area (Å²) >= 11 is 0. The fourth-order valence-electron chi connectivity index (χ4n) is 3.32. The molecule has 0 aliphatic carbocycles. The molecule has 0 bridgehead atoms. The third-order valence-electron chi connectivity index (χ3n) is 4.72. The zero-order valence-electron chi connectivity index (χ0n) is 14.0. The maximum atomic E-state index is 6.24. The Hall–Kier alpha value is -2.39. The topological polar surface area (TPSA) is 25.4 Å². The number of fused-ring (bicyclic) bond motifs is 1. The largest absolute Gasteiger partial charge is 0.474 e. The van der Waals surface area contributed by atoms with Gasteiger partial charge in [0.25, 0.3) is 0 Å². The van der Waals surface area contributed by atoms with E-state index in [9.17, 15) is 0 Å². The normalized spacial score (nSPS) is 16.4. The Morgan fingerprint density at radius 2 is 1.67 bits per heavy atom. The SMILES string of the molecule is CN1CCC(Oc2cc3ccccc3c(-c3ccccc3)n2)CC1. The maximum Gasteiger partial charge on any atom is 0.214 e. The maximum absolute atomic E-state index is 6.24. The first-order chi connectivity index (χ1) is 11.8. The Morgan fingerprint density at radius 3 is 2.46 bits per heavy atom. The van der Waals surface area contributed by atoms with Gasteiger partial charge in [0.2, 0.25) is 5.88 Å². The molecule has 2 heterocycles. The highest BCUT2D eigenvalue weighted by Crippen LogP contribution is 2.30. The van der Waals surface area contributed by atoms with Crippen LogP contribution in [0.25, 0.3) is 22.0 Å². The van der Waals surface area contributed by atoms with Crippen LogP contribution in [0.1, 0.15) is 12.8 Å². The molecule has 0 N–H and O–H groups in total. The van der Waals surface area contributed by atoms with Gasteiger partial charge in [0, 0.05) is 30.1 Å². The molecule has 122 valence electrons. The zero-order valence-corrected chi connectivity index (χ0v) is 14.0. The van der Waals surface area contributed by atoms with Crippen LogP contribution in [-0.4, -0.2) is 36.1 Å². The molecule has 3 nitrogen and oxygen atoms in total. The second kappa shape index (κ2) is 6.62. The summed E-state index contributed by atoms with van der Waals surface area (Å²) in [5.41, 5.74) is 2.12. The van der Waals surface area contributed by atoms with Gasteiger partial charge in [-0.3, -0.25) is 0 Å². The molecule has 3 heteroatoms. The molecule has 1 aliphatic rings. The van der Waals surface area contributed by atoms with Gasteiger partial charge in [-0.05, 0) is 25.3 Å². The fraction of sp³-hybridized carbons (Fsp3) is 0.286. The van der Waals surface area contributed by atoms with E-state index < -0.39 is 0 Å². The van der Waals surface area contributed by atoms with E-state index in [-0.39, 0.29) is 6.10 Å². The van der Waals surface area contributed by atoms with Gasteiger partial charge >= 0.3 is 0 Å².